The molecular formula is C19H18N2O3. The average Bonchev–Trinajstić information content (AvgIpc) is 2.92. The van der Waals surface area contributed by atoms with Gasteiger partial charge in [0.25, 0.3) is 0 Å². The second kappa shape index (κ2) is 7.08. The van der Waals surface area contributed by atoms with E-state index in [0.717, 1.165) is 11.1 Å². The predicted octanol–water partition coefficient (Wildman–Crippen LogP) is 2.83. The lowest BCUT2D eigenvalue weighted by molar-refractivity contribution is -0.138. The van der Waals surface area contributed by atoms with Gasteiger partial charge in [-0.2, -0.15) is 0 Å². The number of benzene rings is 2. The van der Waals surface area contributed by atoms with Crippen LogP contribution < -0.4 is 5.32 Å². The summed E-state index contributed by atoms with van der Waals surface area (Å²) in [4.78, 5) is 36.5. The molecule has 5 nitrogen and oxygen atoms in total. The van der Waals surface area contributed by atoms with Crippen LogP contribution in [0, 0.1) is 0 Å². The van der Waals surface area contributed by atoms with Gasteiger partial charge in [-0.05, 0) is 11.6 Å². The molecule has 1 aliphatic heterocycles. The monoisotopic (exact) mass is 322 g/mol. The number of imide groups is 1. The lowest BCUT2D eigenvalue weighted by atomic mass is 10.0. The molecule has 3 amide bonds. The Balaban J connectivity index is 1.67. The molecule has 0 atom stereocenters. The third-order valence-corrected chi connectivity index (χ3v) is 4.00. The molecule has 122 valence electrons. The molecule has 2 aromatic rings. The second-order valence-electron chi connectivity index (χ2n) is 5.65. The Morgan fingerprint density at radius 1 is 0.917 bits per heavy atom. The van der Waals surface area contributed by atoms with Crippen molar-refractivity contribution in [2.75, 3.05) is 11.9 Å². The van der Waals surface area contributed by atoms with Crippen molar-refractivity contribution in [3.63, 3.8) is 0 Å². The highest BCUT2D eigenvalue weighted by atomic mass is 16.2. The molecule has 2 aromatic carbocycles. The standard InChI is InChI=1S/C19H18N2O3/c22-17(12-13-21-18(23)10-11-19(21)24)20-16-9-5-4-8-15(16)14-6-2-1-3-7-14/h1-9H,10-13H2,(H,20,22). The zero-order chi connectivity index (χ0) is 16.9. The highest BCUT2D eigenvalue weighted by molar-refractivity contribution is 6.02. The molecular weight excluding hydrogens is 304 g/mol. The van der Waals surface area contributed by atoms with E-state index in [1.165, 1.54) is 4.90 Å². The topological polar surface area (TPSA) is 66.5 Å². The van der Waals surface area contributed by atoms with Crippen molar-refractivity contribution in [3.05, 3.63) is 54.6 Å². The number of para-hydroxylation sites is 1. The fourth-order valence-corrected chi connectivity index (χ4v) is 2.76. The van der Waals surface area contributed by atoms with Gasteiger partial charge in [0, 0.05) is 37.1 Å². The Kier molecular flexibility index (Phi) is 4.70. The van der Waals surface area contributed by atoms with Crippen LogP contribution in [0.3, 0.4) is 0 Å². The van der Waals surface area contributed by atoms with Crippen molar-refractivity contribution in [1.82, 2.24) is 4.90 Å². The van der Waals surface area contributed by atoms with Crippen LogP contribution in [0.1, 0.15) is 19.3 Å². The minimum Gasteiger partial charge on any atom is -0.325 e. The van der Waals surface area contributed by atoms with Gasteiger partial charge < -0.3 is 5.32 Å². The molecule has 0 spiro atoms. The van der Waals surface area contributed by atoms with Crippen LogP contribution in [0.15, 0.2) is 54.6 Å². The molecule has 0 bridgehead atoms. The number of carbonyl (C=O) groups excluding carboxylic acids is 3. The van der Waals surface area contributed by atoms with E-state index in [1.54, 1.807) is 0 Å². The predicted molar refractivity (Wildman–Crippen MR) is 91.1 cm³/mol. The zero-order valence-corrected chi connectivity index (χ0v) is 13.2. The van der Waals surface area contributed by atoms with E-state index < -0.39 is 0 Å². The van der Waals surface area contributed by atoms with Gasteiger partial charge in [0.05, 0.1) is 0 Å². The number of likely N-dealkylation sites (tertiary alicyclic amines) is 1. The van der Waals surface area contributed by atoms with Crippen LogP contribution in [0.5, 0.6) is 0 Å². The summed E-state index contributed by atoms with van der Waals surface area (Å²) in [6, 6.07) is 17.3. The number of amides is 3. The molecule has 24 heavy (non-hydrogen) atoms. The molecule has 0 saturated carbocycles. The quantitative estimate of drug-likeness (QED) is 0.861. The van der Waals surface area contributed by atoms with Gasteiger partial charge in [-0.15, -0.1) is 0 Å². The van der Waals surface area contributed by atoms with E-state index in [-0.39, 0.29) is 43.5 Å². The highest BCUT2D eigenvalue weighted by Crippen LogP contribution is 2.27. The maximum atomic E-state index is 12.2. The number of nitrogens with one attached hydrogen (secondary N) is 1. The van der Waals surface area contributed by atoms with Crippen LogP contribution in [0.25, 0.3) is 11.1 Å². The summed E-state index contributed by atoms with van der Waals surface area (Å²) < 4.78 is 0. The Morgan fingerprint density at radius 3 is 2.25 bits per heavy atom. The van der Waals surface area contributed by atoms with Crippen molar-refractivity contribution in [3.8, 4) is 11.1 Å². The molecule has 3 rings (SSSR count). The molecule has 1 N–H and O–H groups in total. The van der Waals surface area contributed by atoms with Gasteiger partial charge >= 0.3 is 0 Å². The maximum Gasteiger partial charge on any atom is 0.229 e. The summed E-state index contributed by atoms with van der Waals surface area (Å²) >= 11 is 0. The van der Waals surface area contributed by atoms with Crippen molar-refractivity contribution in [2.45, 2.75) is 19.3 Å². The van der Waals surface area contributed by atoms with E-state index in [1.807, 2.05) is 54.6 Å². The van der Waals surface area contributed by atoms with Gasteiger partial charge in [0.1, 0.15) is 0 Å². The lowest BCUT2D eigenvalue weighted by Crippen LogP contribution is -2.32. The van der Waals surface area contributed by atoms with Crippen molar-refractivity contribution in [1.29, 1.82) is 0 Å². The number of hydrogen-bond donors (Lipinski definition) is 1. The molecule has 1 aliphatic rings. The molecule has 1 saturated heterocycles. The average molecular weight is 322 g/mol. The van der Waals surface area contributed by atoms with E-state index in [4.69, 9.17) is 0 Å². The maximum absolute atomic E-state index is 12.2. The zero-order valence-electron chi connectivity index (χ0n) is 13.2. The fourth-order valence-electron chi connectivity index (χ4n) is 2.76. The van der Waals surface area contributed by atoms with Gasteiger partial charge in [-0.25, -0.2) is 0 Å². The van der Waals surface area contributed by atoms with Crippen molar-refractivity contribution < 1.29 is 14.4 Å². The van der Waals surface area contributed by atoms with E-state index in [2.05, 4.69) is 5.32 Å². The summed E-state index contributed by atoms with van der Waals surface area (Å²) in [5, 5.41) is 2.87. The number of rotatable bonds is 5. The number of nitrogens with zero attached hydrogens (tertiary/aromatic N) is 1. The number of hydrogen-bond acceptors (Lipinski definition) is 3. The molecule has 0 aliphatic carbocycles. The first kappa shape index (κ1) is 15.9. The van der Waals surface area contributed by atoms with E-state index >= 15 is 0 Å². The van der Waals surface area contributed by atoms with Crippen LogP contribution in [-0.2, 0) is 14.4 Å². The highest BCUT2D eigenvalue weighted by Gasteiger charge is 2.28. The summed E-state index contributed by atoms with van der Waals surface area (Å²) in [6.45, 7) is 0.136. The van der Waals surface area contributed by atoms with Gasteiger partial charge in [0.15, 0.2) is 0 Å². The Hall–Kier alpha value is -2.95. The first-order chi connectivity index (χ1) is 11.6. The first-order valence-electron chi connectivity index (χ1n) is 7.92. The first-order valence-corrected chi connectivity index (χ1v) is 7.92. The molecule has 1 heterocycles. The Bertz CT molecular complexity index is 755. The fraction of sp³-hybridized carbons (Fsp3) is 0.211. The van der Waals surface area contributed by atoms with Crippen molar-refractivity contribution >= 4 is 23.4 Å². The summed E-state index contributed by atoms with van der Waals surface area (Å²) in [6.07, 6.45) is 0.592. The van der Waals surface area contributed by atoms with Gasteiger partial charge in [0.2, 0.25) is 17.7 Å². The summed E-state index contributed by atoms with van der Waals surface area (Å²) in [5.74, 6) is -0.610. The Morgan fingerprint density at radius 2 is 1.54 bits per heavy atom. The van der Waals surface area contributed by atoms with Crippen LogP contribution in [-0.4, -0.2) is 29.2 Å². The van der Waals surface area contributed by atoms with Gasteiger partial charge in [-0.1, -0.05) is 48.5 Å². The normalized spacial score (nSPS) is 14.1. The lowest BCUT2D eigenvalue weighted by Gasteiger charge is -2.14. The van der Waals surface area contributed by atoms with E-state index in [9.17, 15) is 14.4 Å². The molecule has 5 heteroatoms. The Labute approximate surface area is 140 Å². The largest absolute Gasteiger partial charge is 0.325 e. The molecule has 0 unspecified atom stereocenters. The minimum atomic E-state index is -0.217. The third-order valence-electron chi connectivity index (χ3n) is 4.00. The molecule has 0 radical (unpaired) electrons. The summed E-state index contributed by atoms with van der Waals surface area (Å²) in [7, 11) is 0. The van der Waals surface area contributed by atoms with Crippen LogP contribution >= 0.6 is 0 Å². The van der Waals surface area contributed by atoms with Crippen LogP contribution in [0.2, 0.25) is 0 Å². The van der Waals surface area contributed by atoms with Gasteiger partial charge in [-0.3, -0.25) is 19.3 Å². The van der Waals surface area contributed by atoms with Crippen LogP contribution in [0.4, 0.5) is 5.69 Å². The third kappa shape index (κ3) is 3.51. The smallest absolute Gasteiger partial charge is 0.229 e. The minimum absolute atomic E-state index is 0.0978. The number of anilines is 1. The van der Waals surface area contributed by atoms with E-state index in [0.29, 0.717) is 5.69 Å². The SMILES string of the molecule is O=C(CCN1C(=O)CCC1=O)Nc1ccccc1-c1ccccc1. The van der Waals surface area contributed by atoms with Crippen molar-refractivity contribution in [2.24, 2.45) is 0 Å². The number of carbonyl (C=O) groups is 3. The molecule has 0 aromatic heterocycles. The summed E-state index contributed by atoms with van der Waals surface area (Å²) in [5.41, 5.74) is 2.66. The molecule has 1 fully saturated rings. The second-order valence-corrected chi connectivity index (χ2v) is 5.65.